The maximum absolute atomic E-state index is 12.0. The fourth-order valence-corrected chi connectivity index (χ4v) is 2.71. The van der Waals surface area contributed by atoms with Crippen molar-refractivity contribution < 1.29 is 24.2 Å². The highest BCUT2D eigenvalue weighted by molar-refractivity contribution is 5.99. The van der Waals surface area contributed by atoms with Crippen LogP contribution >= 0.6 is 0 Å². The van der Waals surface area contributed by atoms with Gasteiger partial charge in [0.25, 0.3) is 0 Å². The summed E-state index contributed by atoms with van der Waals surface area (Å²) in [7, 11) is 0. The van der Waals surface area contributed by atoms with Gasteiger partial charge in [0, 0.05) is 18.8 Å². The molecule has 1 amide bonds. The molecule has 1 saturated heterocycles. The molecule has 7 heteroatoms. The van der Waals surface area contributed by atoms with E-state index in [4.69, 9.17) is 9.47 Å². The molecule has 7 nitrogen and oxygen atoms in total. The van der Waals surface area contributed by atoms with Crippen LogP contribution in [-0.2, 0) is 16.1 Å². The summed E-state index contributed by atoms with van der Waals surface area (Å²) in [6.07, 6.45) is -0.699. The Morgan fingerprint density at radius 3 is 2.54 bits per heavy atom. The molecule has 2 aromatic carbocycles. The Balaban J connectivity index is 1.68. The zero-order chi connectivity index (χ0) is 18.4. The first-order chi connectivity index (χ1) is 12.6. The molecular weight excluding hydrogens is 336 g/mol. The van der Waals surface area contributed by atoms with Crippen molar-refractivity contribution in [1.82, 2.24) is 0 Å². The number of anilines is 2. The SMILES string of the molecule is O=C(Nc1ccc(N2CCOCC2)cc1C(=O)O)OCc1ccccc1. The number of carboxylic acids is 1. The van der Waals surface area contributed by atoms with Crippen molar-refractivity contribution in [1.29, 1.82) is 0 Å². The highest BCUT2D eigenvalue weighted by Gasteiger charge is 2.18. The van der Waals surface area contributed by atoms with E-state index in [2.05, 4.69) is 5.32 Å². The van der Waals surface area contributed by atoms with E-state index < -0.39 is 12.1 Å². The molecule has 1 fully saturated rings. The van der Waals surface area contributed by atoms with Gasteiger partial charge in [-0.1, -0.05) is 30.3 Å². The molecule has 0 bridgehead atoms. The molecule has 1 heterocycles. The smallest absolute Gasteiger partial charge is 0.411 e. The summed E-state index contributed by atoms with van der Waals surface area (Å²) in [4.78, 5) is 25.6. The summed E-state index contributed by atoms with van der Waals surface area (Å²) in [6.45, 7) is 2.72. The van der Waals surface area contributed by atoms with E-state index in [9.17, 15) is 14.7 Å². The third-order valence-electron chi connectivity index (χ3n) is 4.06. The number of morpholine rings is 1. The van der Waals surface area contributed by atoms with Gasteiger partial charge in [-0.3, -0.25) is 5.32 Å². The number of amides is 1. The van der Waals surface area contributed by atoms with Crippen LogP contribution in [-0.4, -0.2) is 43.5 Å². The average Bonchev–Trinajstić information content (AvgIpc) is 2.68. The van der Waals surface area contributed by atoms with Gasteiger partial charge in [0.05, 0.1) is 24.5 Å². The number of aromatic carboxylic acids is 1. The molecule has 0 unspecified atom stereocenters. The number of carbonyl (C=O) groups excluding carboxylic acids is 1. The van der Waals surface area contributed by atoms with Crippen molar-refractivity contribution in [3.8, 4) is 0 Å². The quantitative estimate of drug-likeness (QED) is 0.856. The minimum absolute atomic E-state index is 0.0191. The molecule has 3 rings (SSSR count). The Kier molecular flexibility index (Phi) is 5.70. The second-order valence-corrected chi connectivity index (χ2v) is 5.82. The van der Waals surface area contributed by atoms with Crippen molar-refractivity contribution >= 4 is 23.4 Å². The number of ether oxygens (including phenoxy) is 2. The number of hydrogen-bond donors (Lipinski definition) is 2. The number of benzene rings is 2. The number of carbonyl (C=O) groups is 2. The number of carboxylic acid groups (broad SMARTS) is 1. The number of rotatable bonds is 5. The first-order valence-corrected chi connectivity index (χ1v) is 8.31. The van der Waals surface area contributed by atoms with E-state index in [-0.39, 0.29) is 17.9 Å². The molecule has 136 valence electrons. The lowest BCUT2D eigenvalue weighted by Gasteiger charge is -2.29. The molecule has 2 aromatic rings. The van der Waals surface area contributed by atoms with Gasteiger partial charge in [-0.05, 0) is 23.8 Å². The van der Waals surface area contributed by atoms with Gasteiger partial charge in [-0.2, -0.15) is 0 Å². The van der Waals surface area contributed by atoms with E-state index in [1.165, 1.54) is 0 Å². The van der Waals surface area contributed by atoms with Gasteiger partial charge < -0.3 is 19.5 Å². The minimum atomic E-state index is -1.11. The summed E-state index contributed by atoms with van der Waals surface area (Å²) in [5, 5.41) is 12.0. The number of hydrogen-bond acceptors (Lipinski definition) is 5. The Morgan fingerprint density at radius 2 is 1.85 bits per heavy atom. The summed E-state index contributed by atoms with van der Waals surface area (Å²) < 4.78 is 10.5. The van der Waals surface area contributed by atoms with Gasteiger partial charge in [-0.15, -0.1) is 0 Å². The summed E-state index contributed by atoms with van der Waals surface area (Å²) in [5.41, 5.74) is 1.86. The van der Waals surface area contributed by atoms with E-state index in [0.29, 0.717) is 26.3 Å². The van der Waals surface area contributed by atoms with Crippen molar-refractivity contribution in [2.45, 2.75) is 6.61 Å². The lowest BCUT2D eigenvalue weighted by Crippen LogP contribution is -2.36. The van der Waals surface area contributed by atoms with Crippen LogP contribution in [0.1, 0.15) is 15.9 Å². The summed E-state index contributed by atoms with van der Waals surface area (Å²) >= 11 is 0. The molecule has 0 radical (unpaired) electrons. The van der Waals surface area contributed by atoms with E-state index in [1.54, 1.807) is 18.2 Å². The molecule has 0 aromatic heterocycles. The maximum Gasteiger partial charge on any atom is 0.411 e. The lowest BCUT2D eigenvalue weighted by atomic mass is 10.1. The van der Waals surface area contributed by atoms with Crippen LogP contribution in [0.2, 0.25) is 0 Å². The molecule has 26 heavy (non-hydrogen) atoms. The highest BCUT2D eigenvalue weighted by atomic mass is 16.5. The fourth-order valence-electron chi connectivity index (χ4n) is 2.71. The zero-order valence-electron chi connectivity index (χ0n) is 14.2. The normalized spacial score (nSPS) is 13.9. The topological polar surface area (TPSA) is 88.1 Å². The van der Waals surface area contributed by atoms with Crippen LogP contribution < -0.4 is 10.2 Å². The molecule has 0 spiro atoms. The van der Waals surface area contributed by atoms with Gasteiger partial charge in [0.15, 0.2) is 0 Å². The molecule has 2 N–H and O–H groups in total. The first-order valence-electron chi connectivity index (χ1n) is 8.31. The van der Waals surface area contributed by atoms with Gasteiger partial charge in [0.2, 0.25) is 0 Å². The second-order valence-electron chi connectivity index (χ2n) is 5.82. The largest absolute Gasteiger partial charge is 0.478 e. The van der Waals surface area contributed by atoms with Gasteiger partial charge >= 0.3 is 12.1 Å². The van der Waals surface area contributed by atoms with Gasteiger partial charge in [0.1, 0.15) is 6.61 Å². The monoisotopic (exact) mass is 356 g/mol. The second kappa shape index (κ2) is 8.35. The minimum Gasteiger partial charge on any atom is -0.478 e. The van der Waals surface area contributed by atoms with Crippen molar-refractivity contribution in [3.63, 3.8) is 0 Å². The van der Waals surface area contributed by atoms with Crippen LogP contribution in [0.15, 0.2) is 48.5 Å². The van der Waals surface area contributed by atoms with Crippen LogP contribution in [0.5, 0.6) is 0 Å². The van der Waals surface area contributed by atoms with Crippen LogP contribution in [0, 0.1) is 0 Å². The van der Waals surface area contributed by atoms with Crippen molar-refractivity contribution in [3.05, 3.63) is 59.7 Å². The zero-order valence-corrected chi connectivity index (χ0v) is 14.2. The molecule has 0 aliphatic carbocycles. The van der Waals surface area contributed by atoms with E-state index >= 15 is 0 Å². The molecule has 1 aliphatic heterocycles. The predicted molar refractivity (Wildman–Crippen MR) is 96.7 cm³/mol. The van der Waals surface area contributed by atoms with E-state index in [0.717, 1.165) is 11.3 Å². The molecular formula is C19H20N2O5. The third kappa shape index (κ3) is 4.52. The van der Waals surface area contributed by atoms with Gasteiger partial charge in [-0.25, -0.2) is 9.59 Å². The average molecular weight is 356 g/mol. The molecule has 0 saturated carbocycles. The summed E-state index contributed by atoms with van der Waals surface area (Å²) in [5.74, 6) is -1.11. The summed E-state index contributed by atoms with van der Waals surface area (Å²) in [6, 6.07) is 14.2. The third-order valence-corrected chi connectivity index (χ3v) is 4.06. The first kappa shape index (κ1) is 17.8. The van der Waals surface area contributed by atoms with E-state index in [1.807, 2.05) is 35.2 Å². The number of nitrogens with zero attached hydrogens (tertiary/aromatic N) is 1. The number of nitrogens with one attached hydrogen (secondary N) is 1. The molecule has 0 atom stereocenters. The maximum atomic E-state index is 12.0. The molecule has 1 aliphatic rings. The fraction of sp³-hybridized carbons (Fsp3) is 0.263. The van der Waals surface area contributed by atoms with Crippen molar-refractivity contribution in [2.24, 2.45) is 0 Å². The van der Waals surface area contributed by atoms with Crippen molar-refractivity contribution in [2.75, 3.05) is 36.5 Å². The Labute approximate surface area is 151 Å². The predicted octanol–water partition coefficient (Wildman–Crippen LogP) is 2.97. The van der Waals surface area contributed by atoms with Crippen LogP contribution in [0.4, 0.5) is 16.2 Å². The Bertz CT molecular complexity index is 773. The highest BCUT2D eigenvalue weighted by Crippen LogP contribution is 2.24. The Morgan fingerprint density at radius 1 is 1.12 bits per heavy atom. The standard InChI is InChI=1S/C19H20N2O5/c22-18(23)16-12-15(21-8-10-25-11-9-21)6-7-17(16)20-19(24)26-13-14-4-2-1-3-5-14/h1-7,12H,8-11,13H2,(H,20,24)(H,22,23). The van der Waals surface area contributed by atoms with Crippen LogP contribution in [0.3, 0.4) is 0 Å². The lowest BCUT2D eigenvalue weighted by molar-refractivity contribution is 0.0698. The Hall–Kier alpha value is -3.06. The van der Waals surface area contributed by atoms with Crippen LogP contribution in [0.25, 0.3) is 0 Å².